The van der Waals surface area contributed by atoms with Crippen molar-refractivity contribution in [2.45, 2.75) is 31.6 Å². The van der Waals surface area contributed by atoms with E-state index < -0.39 is 0 Å². The number of rotatable bonds is 5. The van der Waals surface area contributed by atoms with Crippen LogP contribution in [-0.4, -0.2) is 31.1 Å². The number of nitrogens with zero attached hydrogens (tertiary/aromatic N) is 1. The Kier molecular flexibility index (Phi) is 6.63. The van der Waals surface area contributed by atoms with Gasteiger partial charge in [0.05, 0.1) is 6.61 Å². The molecule has 0 aromatic heterocycles. The Morgan fingerprint density at radius 1 is 1.33 bits per heavy atom. The van der Waals surface area contributed by atoms with Crippen LogP contribution in [0.4, 0.5) is 0 Å². The highest BCUT2D eigenvalue weighted by Crippen LogP contribution is 2.30. The van der Waals surface area contributed by atoms with Crippen LogP contribution in [0, 0.1) is 0 Å². The van der Waals surface area contributed by atoms with E-state index in [1.54, 1.807) is 7.11 Å². The van der Waals surface area contributed by atoms with Crippen LogP contribution in [0.25, 0.3) is 0 Å². The predicted molar refractivity (Wildman–Crippen MR) is 90.7 cm³/mol. The molecule has 1 aromatic rings. The summed E-state index contributed by atoms with van der Waals surface area (Å²) in [5, 5.41) is 8.16. The molecule has 1 atom stereocenters. The lowest BCUT2D eigenvalue weighted by Crippen LogP contribution is -2.35. The van der Waals surface area contributed by atoms with E-state index in [2.05, 4.69) is 46.2 Å². The minimum absolute atomic E-state index is 0.411. The topological polar surface area (TPSA) is 45.6 Å². The molecule has 2 rings (SSSR count). The fourth-order valence-electron chi connectivity index (χ4n) is 2.60. The van der Waals surface area contributed by atoms with Crippen molar-refractivity contribution >= 4 is 23.0 Å². The highest BCUT2D eigenvalue weighted by atomic mass is 32.1. The van der Waals surface area contributed by atoms with E-state index in [0.717, 1.165) is 12.8 Å². The summed E-state index contributed by atoms with van der Waals surface area (Å²) in [6.07, 6.45) is 4.66. The quantitative estimate of drug-likeness (QED) is 0.499. The molecule has 0 amide bonds. The monoisotopic (exact) mass is 305 g/mol. The summed E-state index contributed by atoms with van der Waals surface area (Å²) in [4.78, 5) is 0. The fraction of sp³-hybridized carbons (Fsp3) is 0.500. The van der Waals surface area contributed by atoms with Gasteiger partial charge in [0, 0.05) is 25.3 Å². The molecular formula is C16H23N3OS. The lowest BCUT2D eigenvalue weighted by atomic mass is 9.82. The van der Waals surface area contributed by atoms with Crippen molar-refractivity contribution in [1.82, 2.24) is 10.7 Å². The van der Waals surface area contributed by atoms with E-state index in [1.807, 2.05) is 0 Å². The Hall–Kier alpha value is -1.46. The molecule has 4 nitrogen and oxygen atoms in total. The number of benzene rings is 1. The summed E-state index contributed by atoms with van der Waals surface area (Å²) < 4.78 is 4.98. The minimum atomic E-state index is 0.411. The molecule has 0 unspecified atom stereocenters. The van der Waals surface area contributed by atoms with Gasteiger partial charge in [-0.2, -0.15) is 5.10 Å². The smallest absolute Gasteiger partial charge is 0.187 e. The van der Waals surface area contributed by atoms with Gasteiger partial charge in [-0.1, -0.05) is 36.8 Å². The Bertz CT molecular complexity index is 476. The number of hydrogen-bond acceptors (Lipinski definition) is 3. The van der Waals surface area contributed by atoms with Gasteiger partial charge in [0.15, 0.2) is 5.11 Å². The summed E-state index contributed by atoms with van der Waals surface area (Å²) >= 11 is 5.21. The third-order valence-corrected chi connectivity index (χ3v) is 3.91. The first-order valence-corrected chi connectivity index (χ1v) is 7.86. The Morgan fingerprint density at radius 3 is 2.90 bits per heavy atom. The SMILES string of the molecule is COCCNC(=S)N/N=C1/CCCC[C@@H]1c1ccccc1. The second-order valence-corrected chi connectivity index (χ2v) is 5.58. The summed E-state index contributed by atoms with van der Waals surface area (Å²) in [6.45, 7) is 1.32. The first-order valence-electron chi connectivity index (χ1n) is 7.45. The van der Waals surface area contributed by atoms with Crippen molar-refractivity contribution in [2.75, 3.05) is 20.3 Å². The van der Waals surface area contributed by atoms with Crippen molar-refractivity contribution < 1.29 is 4.74 Å². The molecule has 0 heterocycles. The fourth-order valence-corrected chi connectivity index (χ4v) is 2.75. The van der Waals surface area contributed by atoms with Gasteiger partial charge in [0.2, 0.25) is 0 Å². The van der Waals surface area contributed by atoms with E-state index in [-0.39, 0.29) is 0 Å². The van der Waals surface area contributed by atoms with Crippen LogP contribution in [0.2, 0.25) is 0 Å². The van der Waals surface area contributed by atoms with Gasteiger partial charge in [-0.3, -0.25) is 5.43 Å². The highest BCUT2D eigenvalue weighted by Gasteiger charge is 2.22. The third kappa shape index (κ3) is 5.10. The molecular weight excluding hydrogens is 282 g/mol. The Balaban J connectivity index is 1.95. The van der Waals surface area contributed by atoms with Crippen LogP contribution < -0.4 is 10.7 Å². The van der Waals surface area contributed by atoms with Crippen molar-refractivity contribution in [1.29, 1.82) is 0 Å². The number of ether oxygens (including phenoxy) is 1. The molecule has 0 aliphatic heterocycles. The summed E-state index contributed by atoms with van der Waals surface area (Å²) in [7, 11) is 1.67. The normalized spacial score (nSPS) is 20.2. The molecule has 1 saturated carbocycles. The number of thiocarbonyl (C=S) groups is 1. The zero-order valence-corrected chi connectivity index (χ0v) is 13.3. The third-order valence-electron chi connectivity index (χ3n) is 3.67. The van der Waals surface area contributed by atoms with Crippen LogP contribution in [-0.2, 0) is 4.74 Å². The molecule has 0 saturated heterocycles. The lowest BCUT2D eigenvalue weighted by molar-refractivity contribution is 0.204. The van der Waals surface area contributed by atoms with Crippen molar-refractivity contribution in [3.63, 3.8) is 0 Å². The molecule has 1 aliphatic rings. The first-order chi connectivity index (χ1) is 10.3. The first kappa shape index (κ1) is 15.9. The maximum Gasteiger partial charge on any atom is 0.187 e. The number of hydrogen-bond donors (Lipinski definition) is 2. The lowest BCUT2D eigenvalue weighted by Gasteiger charge is -2.24. The van der Waals surface area contributed by atoms with E-state index in [9.17, 15) is 0 Å². The average molecular weight is 305 g/mol. The molecule has 1 aliphatic carbocycles. The number of hydrazone groups is 1. The van der Waals surface area contributed by atoms with Crippen molar-refractivity contribution in [2.24, 2.45) is 5.10 Å². The van der Waals surface area contributed by atoms with Crippen LogP contribution in [0.15, 0.2) is 35.4 Å². The predicted octanol–water partition coefficient (Wildman–Crippen LogP) is 2.81. The summed E-state index contributed by atoms with van der Waals surface area (Å²) in [6, 6.07) is 10.6. The molecule has 114 valence electrons. The van der Waals surface area contributed by atoms with Crippen LogP contribution in [0.1, 0.15) is 37.2 Å². The Labute approximate surface area is 132 Å². The molecule has 0 radical (unpaired) electrons. The largest absolute Gasteiger partial charge is 0.383 e. The van der Waals surface area contributed by atoms with Crippen LogP contribution >= 0.6 is 12.2 Å². The number of nitrogens with one attached hydrogen (secondary N) is 2. The minimum Gasteiger partial charge on any atom is -0.383 e. The van der Waals surface area contributed by atoms with E-state index in [0.29, 0.717) is 24.2 Å². The van der Waals surface area contributed by atoms with Crippen molar-refractivity contribution in [3.8, 4) is 0 Å². The summed E-state index contributed by atoms with van der Waals surface area (Å²) in [5.41, 5.74) is 5.50. The zero-order valence-electron chi connectivity index (χ0n) is 12.5. The van der Waals surface area contributed by atoms with E-state index in [1.165, 1.54) is 24.1 Å². The molecule has 0 bridgehead atoms. The van der Waals surface area contributed by atoms with Crippen molar-refractivity contribution in [3.05, 3.63) is 35.9 Å². The maximum atomic E-state index is 5.21. The molecule has 5 heteroatoms. The molecule has 0 spiro atoms. The average Bonchev–Trinajstić information content (AvgIpc) is 2.54. The van der Waals surface area contributed by atoms with Crippen LogP contribution in [0.5, 0.6) is 0 Å². The van der Waals surface area contributed by atoms with Gasteiger partial charge < -0.3 is 10.1 Å². The summed E-state index contributed by atoms with van der Waals surface area (Å²) in [5.74, 6) is 0.411. The second kappa shape index (κ2) is 8.74. The van der Waals surface area contributed by atoms with Gasteiger partial charge in [-0.05, 0) is 37.0 Å². The molecule has 2 N–H and O–H groups in total. The Morgan fingerprint density at radius 2 is 2.14 bits per heavy atom. The van der Waals surface area contributed by atoms with Gasteiger partial charge in [0.25, 0.3) is 0 Å². The highest BCUT2D eigenvalue weighted by molar-refractivity contribution is 7.80. The van der Waals surface area contributed by atoms with E-state index in [4.69, 9.17) is 17.0 Å². The second-order valence-electron chi connectivity index (χ2n) is 5.17. The molecule has 1 aromatic carbocycles. The van der Waals surface area contributed by atoms with Gasteiger partial charge in [-0.15, -0.1) is 0 Å². The number of methoxy groups -OCH3 is 1. The molecule has 21 heavy (non-hydrogen) atoms. The van der Waals surface area contributed by atoms with E-state index >= 15 is 0 Å². The zero-order chi connectivity index (χ0) is 14.9. The maximum absolute atomic E-state index is 5.21. The van der Waals surface area contributed by atoms with Gasteiger partial charge in [0.1, 0.15) is 0 Å². The molecule has 1 fully saturated rings. The van der Waals surface area contributed by atoms with Gasteiger partial charge in [-0.25, -0.2) is 0 Å². The van der Waals surface area contributed by atoms with Gasteiger partial charge >= 0.3 is 0 Å². The van der Waals surface area contributed by atoms with Crippen LogP contribution in [0.3, 0.4) is 0 Å². The standard InChI is InChI=1S/C16H23N3OS/c1-20-12-11-17-16(21)19-18-15-10-6-5-9-14(15)13-7-3-2-4-8-13/h2-4,7-8,14H,5-6,9-12H2,1H3,(H2,17,19,21)/b18-15-/t14-/m1/s1.